The second-order valence-corrected chi connectivity index (χ2v) is 6.76. The van der Waals surface area contributed by atoms with E-state index in [9.17, 15) is 19.5 Å². The summed E-state index contributed by atoms with van der Waals surface area (Å²) >= 11 is 0. The first kappa shape index (κ1) is 16.7. The number of amides is 1. The number of hydrogen-bond donors (Lipinski definition) is 2. The molecule has 1 saturated heterocycles. The lowest BCUT2D eigenvalue weighted by molar-refractivity contribution is -0.119. The van der Waals surface area contributed by atoms with Crippen LogP contribution in [0.3, 0.4) is 0 Å². The van der Waals surface area contributed by atoms with Gasteiger partial charge in [-0.1, -0.05) is 0 Å². The second-order valence-electron chi connectivity index (χ2n) is 6.76. The maximum absolute atomic E-state index is 12.6. The molecule has 24 heavy (non-hydrogen) atoms. The monoisotopic (exact) mass is 334 g/mol. The van der Waals surface area contributed by atoms with Gasteiger partial charge in [-0.15, -0.1) is 0 Å². The summed E-state index contributed by atoms with van der Waals surface area (Å²) in [7, 11) is 0. The molecule has 3 rings (SSSR count). The normalized spacial score (nSPS) is 19.4. The first-order chi connectivity index (χ1) is 11.4. The SMILES string of the molecule is CC1(NC(=O)C(=O)c2cc(C(=O)O)c3n2CCCC3)CCOCC1. The molecular weight excluding hydrogens is 312 g/mol. The molecule has 0 spiro atoms. The van der Waals surface area contributed by atoms with Crippen LogP contribution in [0.25, 0.3) is 0 Å². The van der Waals surface area contributed by atoms with Crippen LogP contribution in [0.1, 0.15) is 59.1 Å². The molecule has 0 saturated carbocycles. The summed E-state index contributed by atoms with van der Waals surface area (Å²) in [5.74, 6) is -2.41. The number of nitrogens with one attached hydrogen (secondary N) is 1. The highest BCUT2D eigenvalue weighted by atomic mass is 16.5. The standard InChI is InChI=1S/C17H22N2O5/c1-17(5-8-24-9-6-17)18-15(21)14(20)13-10-11(16(22)23)12-4-2-3-7-19(12)13/h10H,2-9H2,1H3,(H,18,21)(H,22,23). The molecule has 2 aliphatic rings. The average molecular weight is 334 g/mol. The van der Waals surface area contributed by atoms with Crippen molar-refractivity contribution < 1.29 is 24.2 Å². The summed E-state index contributed by atoms with van der Waals surface area (Å²) < 4.78 is 6.99. The van der Waals surface area contributed by atoms with E-state index in [4.69, 9.17) is 4.74 Å². The van der Waals surface area contributed by atoms with Crippen molar-refractivity contribution in [2.75, 3.05) is 13.2 Å². The van der Waals surface area contributed by atoms with Gasteiger partial charge in [0, 0.05) is 31.0 Å². The van der Waals surface area contributed by atoms with Gasteiger partial charge in [0.1, 0.15) is 0 Å². The van der Waals surface area contributed by atoms with Crippen LogP contribution in [0, 0.1) is 0 Å². The van der Waals surface area contributed by atoms with Crippen molar-refractivity contribution in [3.8, 4) is 0 Å². The van der Waals surface area contributed by atoms with Crippen molar-refractivity contribution in [2.24, 2.45) is 0 Å². The fourth-order valence-corrected chi connectivity index (χ4v) is 3.44. The van der Waals surface area contributed by atoms with E-state index in [0.29, 0.717) is 44.7 Å². The Hall–Kier alpha value is -2.15. The van der Waals surface area contributed by atoms with Crippen molar-refractivity contribution >= 4 is 17.7 Å². The van der Waals surface area contributed by atoms with Crippen LogP contribution in [0.2, 0.25) is 0 Å². The van der Waals surface area contributed by atoms with E-state index in [-0.39, 0.29) is 11.3 Å². The molecule has 7 nitrogen and oxygen atoms in total. The molecule has 1 fully saturated rings. The number of ether oxygens (including phenoxy) is 1. The van der Waals surface area contributed by atoms with E-state index in [1.165, 1.54) is 6.07 Å². The van der Waals surface area contributed by atoms with Gasteiger partial charge in [-0.2, -0.15) is 0 Å². The van der Waals surface area contributed by atoms with Gasteiger partial charge in [0.2, 0.25) is 0 Å². The summed E-state index contributed by atoms with van der Waals surface area (Å²) in [6, 6.07) is 1.34. The van der Waals surface area contributed by atoms with E-state index in [2.05, 4.69) is 5.32 Å². The minimum absolute atomic E-state index is 0.128. The summed E-state index contributed by atoms with van der Waals surface area (Å²) in [5.41, 5.74) is 0.485. The maximum atomic E-state index is 12.6. The van der Waals surface area contributed by atoms with Gasteiger partial charge in [0.25, 0.3) is 11.7 Å². The summed E-state index contributed by atoms with van der Waals surface area (Å²) in [5, 5.41) is 12.1. The predicted molar refractivity (Wildman–Crippen MR) is 85.3 cm³/mol. The number of nitrogens with zero attached hydrogens (tertiary/aromatic N) is 1. The highest BCUT2D eigenvalue weighted by Gasteiger charge is 2.34. The molecular formula is C17H22N2O5. The molecule has 0 aromatic carbocycles. The molecule has 7 heteroatoms. The van der Waals surface area contributed by atoms with E-state index < -0.39 is 23.2 Å². The van der Waals surface area contributed by atoms with E-state index in [0.717, 1.165) is 12.8 Å². The van der Waals surface area contributed by atoms with Crippen LogP contribution in [0.4, 0.5) is 0 Å². The van der Waals surface area contributed by atoms with Gasteiger partial charge < -0.3 is 19.7 Å². The van der Waals surface area contributed by atoms with Crippen LogP contribution in [0.5, 0.6) is 0 Å². The fourth-order valence-electron chi connectivity index (χ4n) is 3.44. The predicted octanol–water partition coefficient (Wildman–Crippen LogP) is 1.39. The van der Waals surface area contributed by atoms with Gasteiger partial charge >= 0.3 is 5.97 Å². The maximum Gasteiger partial charge on any atom is 0.337 e. The number of carbonyl (C=O) groups is 3. The minimum Gasteiger partial charge on any atom is -0.478 e. The molecule has 0 bridgehead atoms. The lowest BCUT2D eigenvalue weighted by atomic mass is 9.92. The lowest BCUT2D eigenvalue weighted by Crippen LogP contribution is -2.51. The second kappa shape index (κ2) is 6.39. The van der Waals surface area contributed by atoms with Gasteiger partial charge in [0.15, 0.2) is 0 Å². The largest absolute Gasteiger partial charge is 0.478 e. The van der Waals surface area contributed by atoms with Gasteiger partial charge in [-0.25, -0.2) is 4.79 Å². The number of rotatable bonds is 4. The summed E-state index contributed by atoms with van der Waals surface area (Å²) in [6.45, 7) is 3.57. The Morgan fingerprint density at radius 1 is 1.25 bits per heavy atom. The number of carboxylic acid groups (broad SMARTS) is 1. The van der Waals surface area contributed by atoms with E-state index in [1.54, 1.807) is 4.57 Å². The minimum atomic E-state index is -1.06. The Bertz CT molecular complexity index is 685. The zero-order valence-corrected chi connectivity index (χ0v) is 13.8. The highest BCUT2D eigenvalue weighted by molar-refractivity contribution is 6.42. The molecule has 3 heterocycles. The Kier molecular flexibility index (Phi) is 4.45. The Labute approximate surface area is 140 Å². The van der Waals surface area contributed by atoms with Crippen molar-refractivity contribution in [3.63, 3.8) is 0 Å². The third-order valence-electron chi connectivity index (χ3n) is 4.93. The number of hydrogen-bond acceptors (Lipinski definition) is 4. The van der Waals surface area contributed by atoms with Crippen molar-refractivity contribution in [3.05, 3.63) is 23.0 Å². The van der Waals surface area contributed by atoms with E-state index >= 15 is 0 Å². The number of aromatic nitrogens is 1. The Morgan fingerprint density at radius 3 is 2.62 bits per heavy atom. The smallest absolute Gasteiger partial charge is 0.337 e. The van der Waals surface area contributed by atoms with Crippen molar-refractivity contribution in [1.29, 1.82) is 0 Å². The molecule has 2 aliphatic heterocycles. The molecule has 1 aromatic rings. The number of carbonyl (C=O) groups excluding carboxylic acids is 2. The topological polar surface area (TPSA) is 97.6 Å². The number of ketones is 1. The zero-order valence-electron chi connectivity index (χ0n) is 13.8. The van der Waals surface area contributed by atoms with Gasteiger partial charge in [0.05, 0.1) is 11.3 Å². The Balaban J connectivity index is 1.84. The number of aromatic carboxylic acids is 1. The first-order valence-electron chi connectivity index (χ1n) is 8.31. The summed E-state index contributed by atoms with van der Waals surface area (Å²) in [6.07, 6.45) is 3.68. The van der Waals surface area contributed by atoms with Gasteiger partial charge in [-0.3, -0.25) is 9.59 Å². The third-order valence-corrected chi connectivity index (χ3v) is 4.93. The molecule has 1 amide bonds. The quantitative estimate of drug-likeness (QED) is 0.640. The first-order valence-corrected chi connectivity index (χ1v) is 8.31. The fraction of sp³-hybridized carbons (Fsp3) is 0.588. The van der Waals surface area contributed by atoms with Crippen LogP contribution in [-0.4, -0.2) is 46.1 Å². The van der Waals surface area contributed by atoms with Crippen LogP contribution < -0.4 is 5.32 Å². The molecule has 130 valence electrons. The molecule has 0 radical (unpaired) electrons. The third kappa shape index (κ3) is 3.08. The summed E-state index contributed by atoms with van der Waals surface area (Å²) in [4.78, 5) is 36.4. The van der Waals surface area contributed by atoms with E-state index in [1.807, 2.05) is 6.92 Å². The number of fused-ring (bicyclic) bond motifs is 1. The van der Waals surface area contributed by atoms with Gasteiger partial charge in [-0.05, 0) is 45.1 Å². The molecule has 2 N–H and O–H groups in total. The van der Waals surface area contributed by atoms with Crippen LogP contribution >= 0.6 is 0 Å². The highest BCUT2D eigenvalue weighted by Crippen LogP contribution is 2.25. The lowest BCUT2D eigenvalue weighted by Gasteiger charge is -2.34. The van der Waals surface area contributed by atoms with Crippen LogP contribution in [-0.2, 0) is 22.5 Å². The molecule has 0 atom stereocenters. The Morgan fingerprint density at radius 2 is 1.96 bits per heavy atom. The molecule has 0 unspecified atom stereocenters. The van der Waals surface area contributed by atoms with Crippen LogP contribution in [0.15, 0.2) is 6.07 Å². The van der Waals surface area contributed by atoms with Crippen molar-refractivity contribution in [2.45, 2.75) is 51.1 Å². The van der Waals surface area contributed by atoms with Crippen molar-refractivity contribution in [1.82, 2.24) is 9.88 Å². The number of carboxylic acids is 1. The zero-order chi connectivity index (χ0) is 17.3. The molecule has 1 aromatic heterocycles. The average Bonchev–Trinajstić information content (AvgIpc) is 2.94. The molecule has 0 aliphatic carbocycles. The number of Topliss-reactive ketones (excluding diaryl/α,β-unsaturated/α-hetero) is 1.